The molecule has 1 spiro atoms. The maximum atomic E-state index is 13.4. The van der Waals surface area contributed by atoms with Gasteiger partial charge in [0.1, 0.15) is 5.75 Å². The Kier molecular flexibility index (Phi) is 5.05. The van der Waals surface area contributed by atoms with Crippen LogP contribution in [0.5, 0.6) is 17.2 Å². The second kappa shape index (κ2) is 8.15. The summed E-state index contributed by atoms with van der Waals surface area (Å²) in [4.78, 5) is 32.3. The number of ether oxygens (including phenoxy) is 2. The number of nitrogens with one attached hydrogen (secondary N) is 1. The van der Waals surface area contributed by atoms with Gasteiger partial charge in [0.25, 0.3) is 5.91 Å². The molecular formula is C27H27N3O5. The van der Waals surface area contributed by atoms with Crippen molar-refractivity contribution in [1.82, 2.24) is 15.2 Å². The van der Waals surface area contributed by atoms with Gasteiger partial charge in [-0.3, -0.25) is 9.59 Å². The second-order valence-corrected chi connectivity index (χ2v) is 9.74. The quantitative estimate of drug-likeness (QED) is 0.578. The van der Waals surface area contributed by atoms with Gasteiger partial charge in [-0.2, -0.15) is 0 Å². The van der Waals surface area contributed by atoms with Crippen molar-refractivity contribution < 1.29 is 23.5 Å². The zero-order valence-corrected chi connectivity index (χ0v) is 19.8. The van der Waals surface area contributed by atoms with E-state index in [0.717, 1.165) is 11.1 Å². The predicted octanol–water partition coefficient (Wildman–Crippen LogP) is 3.76. The molecule has 35 heavy (non-hydrogen) atoms. The van der Waals surface area contributed by atoms with E-state index in [2.05, 4.69) is 10.3 Å². The number of benzene rings is 2. The molecule has 8 heteroatoms. The van der Waals surface area contributed by atoms with Gasteiger partial charge in [-0.25, -0.2) is 4.98 Å². The first-order chi connectivity index (χ1) is 16.9. The largest absolute Gasteiger partial charge is 0.489 e. The average Bonchev–Trinajstić information content (AvgIpc) is 3.41. The summed E-state index contributed by atoms with van der Waals surface area (Å²) in [6, 6.07) is 13.7. The number of nitrogens with zero attached hydrogens (tertiary/aromatic N) is 2. The predicted molar refractivity (Wildman–Crippen MR) is 127 cm³/mol. The first-order valence-corrected chi connectivity index (χ1v) is 11.9. The van der Waals surface area contributed by atoms with Crippen molar-refractivity contribution in [2.75, 3.05) is 26.2 Å². The Bertz CT molecular complexity index is 1330. The molecule has 1 N–H and O–H groups in total. The average molecular weight is 474 g/mol. The van der Waals surface area contributed by atoms with Crippen molar-refractivity contribution in [1.29, 1.82) is 0 Å². The van der Waals surface area contributed by atoms with Gasteiger partial charge in [0.2, 0.25) is 11.7 Å². The highest BCUT2D eigenvalue weighted by atomic mass is 16.5. The number of aromatic nitrogens is 1. The number of rotatable bonds is 1. The molecule has 4 heterocycles. The van der Waals surface area contributed by atoms with Gasteiger partial charge < -0.3 is 24.1 Å². The van der Waals surface area contributed by atoms with E-state index >= 15 is 0 Å². The summed E-state index contributed by atoms with van der Waals surface area (Å²) in [5.74, 6) is 2.55. The normalized spacial score (nSPS) is 23.1. The SMILES string of the molecule is Cc1nc(C)c(C(=O)N2C[C@@H]3c4cccc5c4OC[C@]3(CNC(=O)CCc3cccc(c3)O5)C2)o1. The first-order valence-electron chi connectivity index (χ1n) is 11.9. The molecule has 3 aromatic rings. The van der Waals surface area contributed by atoms with Crippen LogP contribution in [0.1, 0.15) is 45.6 Å². The number of carbonyl (C=O) groups is 2. The van der Waals surface area contributed by atoms with E-state index in [1.54, 1.807) is 18.7 Å². The molecule has 8 nitrogen and oxygen atoms in total. The summed E-state index contributed by atoms with van der Waals surface area (Å²) in [6.07, 6.45) is 0.998. The lowest BCUT2D eigenvalue weighted by Crippen LogP contribution is -2.48. The number of hydrogen-bond acceptors (Lipinski definition) is 6. The zero-order chi connectivity index (χ0) is 24.2. The first kappa shape index (κ1) is 21.7. The Morgan fingerprint density at radius 1 is 1.17 bits per heavy atom. The number of para-hydroxylation sites is 1. The minimum atomic E-state index is -0.460. The van der Waals surface area contributed by atoms with Crippen LogP contribution < -0.4 is 14.8 Å². The molecular weight excluding hydrogens is 446 g/mol. The molecule has 2 aromatic carbocycles. The van der Waals surface area contributed by atoms with Crippen LogP contribution in [-0.2, 0) is 11.2 Å². The smallest absolute Gasteiger partial charge is 0.291 e. The van der Waals surface area contributed by atoms with E-state index < -0.39 is 5.41 Å². The molecule has 0 saturated carbocycles. The van der Waals surface area contributed by atoms with E-state index in [4.69, 9.17) is 13.9 Å². The van der Waals surface area contributed by atoms with Crippen LogP contribution in [0.25, 0.3) is 0 Å². The van der Waals surface area contributed by atoms with Gasteiger partial charge in [0, 0.05) is 49.9 Å². The van der Waals surface area contributed by atoms with Crippen molar-refractivity contribution >= 4 is 11.8 Å². The highest BCUT2D eigenvalue weighted by molar-refractivity contribution is 5.93. The summed E-state index contributed by atoms with van der Waals surface area (Å²) in [7, 11) is 0. The minimum Gasteiger partial charge on any atom is -0.489 e. The van der Waals surface area contributed by atoms with Crippen molar-refractivity contribution in [3.05, 3.63) is 70.9 Å². The van der Waals surface area contributed by atoms with E-state index in [1.807, 2.05) is 42.5 Å². The third-order valence-corrected chi connectivity index (χ3v) is 7.33. The number of amides is 2. The van der Waals surface area contributed by atoms with Crippen molar-refractivity contribution in [3.63, 3.8) is 0 Å². The monoisotopic (exact) mass is 473 g/mol. The molecule has 0 unspecified atom stereocenters. The second-order valence-electron chi connectivity index (χ2n) is 9.74. The molecule has 2 amide bonds. The summed E-state index contributed by atoms with van der Waals surface area (Å²) >= 11 is 0. The molecule has 0 aliphatic carbocycles. The molecule has 6 rings (SSSR count). The van der Waals surface area contributed by atoms with E-state index in [-0.39, 0.29) is 23.5 Å². The molecule has 3 aliphatic heterocycles. The standard InChI is InChI=1S/C27H27N3O5/c1-16-24(34-17(2)29-16)26(32)30-12-21-20-7-4-8-22-25(20)33-15-27(21,14-30)13-28-23(31)10-9-18-5-3-6-19(11-18)35-22/h3-8,11,21H,9-10,12-15H2,1-2H3,(H,28,31)/t21-,27+/m1/s1. The van der Waals surface area contributed by atoms with Gasteiger partial charge in [0.15, 0.2) is 17.4 Å². The van der Waals surface area contributed by atoms with Gasteiger partial charge in [0.05, 0.1) is 12.3 Å². The number of fused-ring (bicyclic) bond motifs is 4. The molecule has 1 fully saturated rings. The fraction of sp³-hybridized carbons (Fsp3) is 0.370. The number of hydrogen-bond donors (Lipinski definition) is 1. The summed E-state index contributed by atoms with van der Waals surface area (Å²) in [5.41, 5.74) is 2.14. The molecule has 3 aliphatic rings. The van der Waals surface area contributed by atoms with Crippen LogP contribution in [-0.4, -0.2) is 47.9 Å². The maximum Gasteiger partial charge on any atom is 0.291 e. The van der Waals surface area contributed by atoms with Crippen molar-refractivity contribution in [2.24, 2.45) is 5.41 Å². The highest BCUT2D eigenvalue weighted by Gasteiger charge is 2.53. The lowest BCUT2D eigenvalue weighted by atomic mass is 9.73. The molecule has 0 radical (unpaired) electrons. The Labute approximate surface area is 203 Å². The molecule has 180 valence electrons. The molecule has 1 saturated heterocycles. The Morgan fingerprint density at radius 2 is 2.03 bits per heavy atom. The summed E-state index contributed by atoms with van der Waals surface area (Å²) < 4.78 is 18.2. The Hall–Kier alpha value is -3.81. The number of carbonyl (C=O) groups excluding carboxylic acids is 2. The zero-order valence-electron chi connectivity index (χ0n) is 19.8. The van der Waals surface area contributed by atoms with E-state index in [1.165, 1.54) is 0 Å². The highest BCUT2D eigenvalue weighted by Crippen LogP contribution is 2.52. The summed E-state index contributed by atoms with van der Waals surface area (Å²) in [6.45, 7) is 5.23. The lowest BCUT2D eigenvalue weighted by molar-refractivity contribution is -0.121. The third kappa shape index (κ3) is 3.73. The minimum absolute atomic E-state index is 0.0208. The maximum absolute atomic E-state index is 13.4. The van der Waals surface area contributed by atoms with E-state index in [9.17, 15) is 9.59 Å². The Morgan fingerprint density at radius 3 is 2.86 bits per heavy atom. The lowest BCUT2D eigenvalue weighted by Gasteiger charge is -2.39. The summed E-state index contributed by atoms with van der Waals surface area (Å²) in [5, 5.41) is 3.14. The van der Waals surface area contributed by atoms with Crippen LogP contribution in [0.2, 0.25) is 0 Å². The van der Waals surface area contributed by atoms with Crippen LogP contribution >= 0.6 is 0 Å². The van der Waals surface area contributed by atoms with Crippen LogP contribution in [0.15, 0.2) is 46.9 Å². The third-order valence-electron chi connectivity index (χ3n) is 7.33. The molecule has 2 atom stereocenters. The van der Waals surface area contributed by atoms with Gasteiger partial charge in [-0.05, 0) is 37.1 Å². The Balaban J connectivity index is 1.41. The van der Waals surface area contributed by atoms with Crippen LogP contribution in [0.3, 0.4) is 0 Å². The van der Waals surface area contributed by atoms with Crippen LogP contribution in [0.4, 0.5) is 0 Å². The number of oxazole rings is 1. The number of likely N-dealkylation sites (tertiary alicyclic amines) is 1. The topological polar surface area (TPSA) is 93.9 Å². The molecule has 1 aromatic heterocycles. The fourth-order valence-electron chi connectivity index (χ4n) is 5.57. The van der Waals surface area contributed by atoms with E-state index in [0.29, 0.717) is 67.9 Å². The van der Waals surface area contributed by atoms with Gasteiger partial charge in [-0.1, -0.05) is 24.3 Å². The van der Waals surface area contributed by atoms with Gasteiger partial charge >= 0.3 is 0 Å². The number of aryl methyl sites for hydroxylation is 3. The fourth-order valence-corrected chi connectivity index (χ4v) is 5.57. The molecule has 4 bridgehead atoms. The van der Waals surface area contributed by atoms with Crippen molar-refractivity contribution in [3.8, 4) is 17.2 Å². The van der Waals surface area contributed by atoms with Crippen LogP contribution in [0, 0.1) is 19.3 Å². The van der Waals surface area contributed by atoms with Gasteiger partial charge in [-0.15, -0.1) is 0 Å². The van der Waals surface area contributed by atoms with Crippen molar-refractivity contribution in [2.45, 2.75) is 32.6 Å².